The molecule has 162 valence electrons. The Hall–Kier alpha value is -3.69. The summed E-state index contributed by atoms with van der Waals surface area (Å²) in [6.07, 6.45) is 0.735. The molecular formula is C21H24N6O4. The fourth-order valence-corrected chi connectivity index (χ4v) is 3.46. The Morgan fingerprint density at radius 2 is 2.06 bits per heavy atom. The van der Waals surface area contributed by atoms with Crippen molar-refractivity contribution in [1.82, 2.24) is 24.6 Å². The molecule has 1 aliphatic rings. The van der Waals surface area contributed by atoms with E-state index >= 15 is 0 Å². The Bertz CT molecular complexity index is 1120. The third-order valence-electron chi connectivity index (χ3n) is 4.90. The molecule has 0 aliphatic carbocycles. The SMILES string of the molecule is Cc1cc(C)n(-c2cc(NC(=O)OCCN3CCCC3=O)nc(-c3ccc(C)o3)n2)n1. The maximum atomic E-state index is 12.3. The van der Waals surface area contributed by atoms with E-state index in [4.69, 9.17) is 9.15 Å². The van der Waals surface area contributed by atoms with Crippen LogP contribution in [-0.4, -0.2) is 56.3 Å². The van der Waals surface area contributed by atoms with Crippen LogP contribution in [0.25, 0.3) is 17.4 Å². The van der Waals surface area contributed by atoms with Gasteiger partial charge in [0.25, 0.3) is 0 Å². The molecule has 0 atom stereocenters. The molecule has 0 unspecified atom stereocenters. The summed E-state index contributed by atoms with van der Waals surface area (Å²) in [4.78, 5) is 34.6. The molecule has 1 aliphatic heterocycles. The van der Waals surface area contributed by atoms with Crippen LogP contribution in [0.5, 0.6) is 0 Å². The van der Waals surface area contributed by atoms with Crippen LogP contribution in [0.1, 0.15) is 30.0 Å². The number of likely N-dealkylation sites (tertiary alicyclic amines) is 1. The molecule has 0 aromatic carbocycles. The molecule has 0 saturated carbocycles. The predicted octanol–water partition coefficient (Wildman–Crippen LogP) is 3.02. The summed E-state index contributed by atoms with van der Waals surface area (Å²) < 4.78 is 12.6. The van der Waals surface area contributed by atoms with Crippen molar-refractivity contribution in [2.24, 2.45) is 0 Å². The number of hydrogen-bond donors (Lipinski definition) is 1. The van der Waals surface area contributed by atoms with E-state index < -0.39 is 6.09 Å². The number of nitrogens with zero attached hydrogens (tertiary/aromatic N) is 5. The van der Waals surface area contributed by atoms with Gasteiger partial charge in [-0.15, -0.1) is 0 Å². The Morgan fingerprint density at radius 1 is 1.23 bits per heavy atom. The molecule has 1 N–H and O–H groups in total. The van der Waals surface area contributed by atoms with Crippen molar-refractivity contribution >= 4 is 17.8 Å². The van der Waals surface area contributed by atoms with Crippen LogP contribution >= 0.6 is 0 Å². The second-order valence-electron chi connectivity index (χ2n) is 7.43. The summed E-state index contributed by atoms with van der Waals surface area (Å²) in [5.41, 5.74) is 1.73. The maximum absolute atomic E-state index is 12.3. The van der Waals surface area contributed by atoms with Crippen molar-refractivity contribution in [2.75, 3.05) is 25.0 Å². The molecule has 2 amide bonds. The van der Waals surface area contributed by atoms with Gasteiger partial charge in [0.2, 0.25) is 5.91 Å². The number of carbonyl (C=O) groups is 2. The van der Waals surface area contributed by atoms with E-state index in [9.17, 15) is 9.59 Å². The summed E-state index contributed by atoms with van der Waals surface area (Å²) >= 11 is 0. The largest absolute Gasteiger partial charge is 0.458 e. The molecule has 0 bridgehead atoms. The number of rotatable bonds is 6. The number of anilines is 1. The molecule has 10 heteroatoms. The lowest BCUT2D eigenvalue weighted by atomic mass is 10.4. The number of nitrogens with one attached hydrogen (secondary N) is 1. The first-order valence-corrected chi connectivity index (χ1v) is 10.1. The normalized spacial score (nSPS) is 13.6. The van der Waals surface area contributed by atoms with Gasteiger partial charge < -0.3 is 14.1 Å². The van der Waals surface area contributed by atoms with Gasteiger partial charge in [0.1, 0.15) is 18.2 Å². The summed E-state index contributed by atoms with van der Waals surface area (Å²) in [5, 5.41) is 7.09. The van der Waals surface area contributed by atoms with Crippen molar-refractivity contribution in [2.45, 2.75) is 33.6 Å². The minimum absolute atomic E-state index is 0.0905. The fourth-order valence-electron chi connectivity index (χ4n) is 3.46. The third-order valence-corrected chi connectivity index (χ3v) is 4.90. The van der Waals surface area contributed by atoms with Crippen LogP contribution < -0.4 is 5.32 Å². The number of amides is 2. The van der Waals surface area contributed by atoms with Crippen molar-refractivity contribution in [3.8, 4) is 17.4 Å². The van der Waals surface area contributed by atoms with E-state index in [2.05, 4.69) is 20.4 Å². The zero-order valence-electron chi connectivity index (χ0n) is 17.7. The average Bonchev–Trinajstić information content (AvgIpc) is 3.42. The first kappa shape index (κ1) is 20.6. The molecule has 1 saturated heterocycles. The summed E-state index contributed by atoms with van der Waals surface area (Å²) in [7, 11) is 0. The van der Waals surface area contributed by atoms with E-state index in [1.807, 2.05) is 32.9 Å². The van der Waals surface area contributed by atoms with Crippen LogP contribution in [-0.2, 0) is 9.53 Å². The van der Waals surface area contributed by atoms with Gasteiger partial charge in [-0.1, -0.05) is 0 Å². The minimum atomic E-state index is -0.661. The predicted molar refractivity (Wildman–Crippen MR) is 112 cm³/mol. The molecule has 10 nitrogen and oxygen atoms in total. The van der Waals surface area contributed by atoms with Gasteiger partial charge in [-0.3, -0.25) is 10.1 Å². The highest BCUT2D eigenvalue weighted by molar-refractivity contribution is 5.84. The lowest BCUT2D eigenvalue weighted by Crippen LogP contribution is -2.30. The molecular weight excluding hydrogens is 400 g/mol. The van der Waals surface area contributed by atoms with Gasteiger partial charge in [0, 0.05) is 24.7 Å². The van der Waals surface area contributed by atoms with E-state index in [1.54, 1.807) is 21.7 Å². The van der Waals surface area contributed by atoms with E-state index in [0.717, 1.165) is 23.6 Å². The first-order valence-electron chi connectivity index (χ1n) is 10.1. The van der Waals surface area contributed by atoms with Crippen molar-refractivity contribution in [3.63, 3.8) is 0 Å². The molecule has 4 heterocycles. The van der Waals surface area contributed by atoms with Crippen LogP contribution in [0.4, 0.5) is 10.6 Å². The van der Waals surface area contributed by atoms with Gasteiger partial charge in [-0.25, -0.2) is 19.4 Å². The Balaban J connectivity index is 1.53. The molecule has 4 rings (SSSR count). The van der Waals surface area contributed by atoms with Crippen LogP contribution in [0.15, 0.2) is 28.7 Å². The van der Waals surface area contributed by atoms with Gasteiger partial charge >= 0.3 is 6.09 Å². The number of ether oxygens (including phenoxy) is 1. The lowest BCUT2D eigenvalue weighted by molar-refractivity contribution is -0.128. The van der Waals surface area contributed by atoms with Crippen molar-refractivity contribution in [3.05, 3.63) is 41.4 Å². The van der Waals surface area contributed by atoms with E-state index in [1.165, 1.54) is 0 Å². The van der Waals surface area contributed by atoms with Crippen LogP contribution in [0.2, 0.25) is 0 Å². The highest BCUT2D eigenvalue weighted by Crippen LogP contribution is 2.23. The summed E-state index contributed by atoms with van der Waals surface area (Å²) in [5.74, 6) is 2.35. The number of furan rings is 1. The zero-order chi connectivity index (χ0) is 22.0. The zero-order valence-corrected chi connectivity index (χ0v) is 17.7. The van der Waals surface area contributed by atoms with Gasteiger partial charge in [-0.2, -0.15) is 5.10 Å². The Morgan fingerprint density at radius 3 is 2.71 bits per heavy atom. The lowest BCUT2D eigenvalue weighted by Gasteiger charge is -2.15. The molecule has 31 heavy (non-hydrogen) atoms. The Labute approximate surface area is 179 Å². The molecule has 1 fully saturated rings. The topological polar surface area (TPSA) is 115 Å². The molecule has 3 aromatic rings. The number of aryl methyl sites for hydroxylation is 3. The van der Waals surface area contributed by atoms with Crippen molar-refractivity contribution < 1.29 is 18.7 Å². The number of carbonyl (C=O) groups excluding carboxylic acids is 2. The highest BCUT2D eigenvalue weighted by Gasteiger charge is 2.20. The Kier molecular flexibility index (Phi) is 5.70. The monoisotopic (exact) mass is 424 g/mol. The third kappa shape index (κ3) is 4.73. The van der Waals surface area contributed by atoms with Crippen LogP contribution in [0, 0.1) is 20.8 Å². The second-order valence-corrected chi connectivity index (χ2v) is 7.43. The summed E-state index contributed by atoms with van der Waals surface area (Å²) in [6.45, 7) is 6.83. The standard InChI is InChI=1S/C21H24N6O4/c1-13-11-14(2)27(25-13)18-12-17(22-20(24-18)16-7-6-15(3)31-16)23-21(29)30-10-9-26-8-4-5-19(26)28/h6-7,11-12H,4-5,8-10H2,1-3H3,(H,22,23,24,29). The smallest absolute Gasteiger partial charge is 0.412 e. The average molecular weight is 424 g/mol. The highest BCUT2D eigenvalue weighted by atomic mass is 16.5. The molecule has 3 aromatic heterocycles. The summed E-state index contributed by atoms with van der Waals surface area (Å²) in [6, 6.07) is 7.13. The fraction of sp³-hybridized carbons (Fsp3) is 0.381. The molecule has 0 spiro atoms. The van der Waals surface area contributed by atoms with Crippen LogP contribution in [0.3, 0.4) is 0 Å². The maximum Gasteiger partial charge on any atom is 0.412 e. The van der Waals surface area contributed by atoms with E-state index in [0.29, 0.717) is 36.9 Å². The quantitative estimate of drug-likeness (QED) is 0.647. The number of hydrogen-bond acceptors (Lipinski definition) is 7. The number of aromatic nitrogens is 4. The second kappa shape index (κ2) is 8.58. The van der Waals surface area contributed by atoms with Gasteiger partial charge in [0.05, 0.1) is 12.2 Å². The first-order chi connectivity index (χ1) is 14.9. The van der Waals surface area contributed by atoms with Gasteiger partial charge in [0.15, 0.2) is 17.4 Å². The van der Waals surface area contributed by atoms with E-state index in [-0.39, 0.29) is 18.3 Å². The van der Waals surface area contributed by atoms with Gasteiger partial charge in [-0.05, 0) is 45.4 Å². The molecule has 0 radical (unpaired) electrons. The minimum Gasteiger partial charge on any atom is -0.458 e. The van der Waals surface area contributed by atoms with Crippen molar-refractivity contribution in [1.29, 1.82) is 0 Å².